The van der Waals surface area contributed by atoms with Gasteiger partial charge in [0.15, 0.2) is 0 Å². The average molecular weight is 393 g/mol. The van der Waals surface area contributed by atoms with Gasteiger partial charge in [0.25, 0.3) is 0 Å². The largest absolute Gasteiger partial charge is 0.323 e. The Morgan fingerprint density at radius 3 is 2.56 bits per heavy atom. The van der Waals surface area contributed by atoms with E-state index in [0.29, 0.717) is 5.75 Å². The lowest BCUT2D eigenvalue weighted by molar-refractivity contribution is 0.425. The molecular weight excluding hydrogens is 372 g/mol. The first-order valence-corrected chi connectivity index (χ1v) is 11.1. The molecule has 1 aliphatic carbocycles. The molecule has 0 spiro atoms. The van der Waals surface area contributed by atoms with Gasteiger partial charge in [-0.15, -0.1) is 17.3 Å². The van der Waals surface area contributed by atoms with Crippen LogP contribution in [0.25, 0.3) is 20.2 Å². The molecular formula is C22H20N2OS2. The van der Waals surface area contributed by atoms with Crippen LogP contribution in [0, 0.1) is 23.2 Å². The molecule has 4 rings (SSSR count). The van der Waals surface area contributed by atoms with Gasteiger partial charge >= 0.3 is 0 Å². The molecule has 1 aliphatic rings. The first kappa shape index (κ1) is 18.2. The standard InChI is InChI=1S/C22H20N2OS2/c1-2-4-15-5-7-20-17(11-15)18-12-16(6-8-21(18)26-20)19(24)13-27(25)22(14-23)9-3-10-22/h5-8,11-12,19H,3,9-10,13,24H2,1H3. The molecule has 1 aromatic heterocycles. The average Bonchev–Trinajstić information content (AvgIpc) is 2.98. The molecule has 5 heteroatoms. The van der Waals surface area contributed by atoms with Crippen LogP contribution in [0.1, 0.15) is 43.4 Å². The van der Waals surface area contributed by atoms with Crippen LogP contribution >= 0.6 is 11.3 Å². The SMILES string of the molecule is CC#Cc1ccc2sc3ccc(C(N)CS(=O)C4(C#N)CCC4)cc3c2c1. The summed E-state index contributed by atoms with van der Waals surface area (Å²) in [6.07, 6.45) is 2.42. The van der Waals surface area contributed by atoms with E-state index in [0.717, 1.165) is 35.8 Å². The van der Waals surface area contributed by atoms with Gasteiger partial charge in [-0.1, -0.05) is 12.0 Å². The van der Waals surface area contributed by atoms with E-state index in [1.54, 1.807) is 11.3 Å². The molecule has 1 saturated carbocycles. The number of thiophene rings is 1. The Bertz CT molecular complexity index is 1160. The molecule has 27 heavy (non-hydrogen) atoms. The zero-order chi connectivity index (χ0) is 19.0. The summed E-state index contributed by atoms with van der Waals surface area (Å²) < 4.78 is 14.4. The fourth-order valence-corrected chi connectivity index (χ4v) is 6.31. The molecule has 1 heterocycles. The lowest BCUT2D eigenvalue weighted by atomic mass is 9.86. The molecule has 2 N–H and O–H groups in total. The number of rotatable bonds is 4. The zero-order valence-corrected chi connectivity index (χ0v) is 16.8. The second-order valence-corrected chi connectivity index (χ2v) is 9.91. The Balaban J connectivity index is 1.68. The van der Waals surface area contributed by atoms with Gasteiger partial charge in [0.05, 0.1) is 6.07 Å². The van der Waals surface area contributed by atoms with Crippen molar-refractivity contribution in [1.82, 2.24) is 0 Å². The monoisotopic (exact) mass is 392 g/mol. The molecule has 1 fully saturated rings. The number of hydrogen-bond acceptors (Lipinski definition) is 4. The molecule has 0 saturated heterocycles. The number of hydrogen-bond donors (Lipinski definition) is 1. The summed E-state index contributed by atoms with van der Waals surface area (Å²) >= 11 is 1.75. The predicted molar refractivity (Wildman–Crippen MR) is 114 cm³/mol. The van der Waals surface area contributed by atoms with Gasteiger partial charge in [-0.2, -0.15) is 5.26 Å². The summed E-state index contributed by atoms with van der Waals surface area (Å²) in [5, 5.41) is 11.7. The van der Waals surface area contributed by atoms with Crippen molar-refractivity contribution >= 4 is 42.3 Å². The molecule has 0 bridgehead atoms. The van der Waals surface area contributed by atoms with Crippen LogP contribution in [0.15, 0.2) is 36.4 Å². The maximum Gasteiger partial charge on any atom is 0.132 e. The van der Waals surface area contributed by atoms with Crippen LogP contribution in [0.3, 0.4) is 0 Å². The lowest BCUT2D eigenvalue weighted by Crippen LogP contribution is -2.42. The third-order valence-electron chi connectivity index (χ3n) is 5.32. The van der Waals surface area contributed by atoms with E-state index >= 15 is 0 Å². The molecule has 0 radical (unpaired) electrons. The Labute approximate surface area is 165 Å². The Hall–Kier alpha value is -2.18. The van der Waals surface area contributed by atoms with Crippen molar-refractivity contribution in [2.24, 2.45) is 5.73 Å². The molecule has 0 amide bonds. The van der Waals surface area contributed by atoms with E-state index < -0.39 is 15.5 Å². The van der Waals surface area contributed by atoms with Crippen LogP contribution < -0.4 is 5.73 Å². The van der Waals surface area contributed by atoms with Gasteiger partial charge in [-0.05, 0) is 62.1 Å². The molecule has 2 atom stereocenters. The lowest BCUT2D eigenvalue weighted by Gasteiger charge is -2.34. The topological polar surface area (TPSA) is 66.9 Å². The number of fused-ring (bicyclic) bond motifs is 3. The Morgan fingerprint density at radius 2 is 1.93 bits per heavy atom. The van der Waals surface area contributed by atoms with E-state index in [-0.39, 0.29) is 6.04 Å². The molecule has 2 unspecified atom stereocenters. The van der Waals surface area contributed by atoms with Gasteiger partial charge < -0.3 is 5.73 Å². The third-order valence-corrected chi connectivity index (χ3v) is 8.51. The summed E-state index contributed by atoms with van der Waals surface area (Å²) in [6.45, 7) is 1.84. The molecule has 2 aromatic carbocycles. The van der Waals surface area contributed by atoms with Crippen molar-refractivity contribution in [3.05, 3.63) is 47.5 Å². The van der Waals surface area contributed by atoms with Gasteiger partial charge in [-0.25, -0.2) is 0 Å². The van der Waals surface area contributed by atoms with Crippen molar-refractivity contribution in [3.63, 3.8) is 0 Å². The first-order valence-electron chi connectivity index (χ1n) is 9.00. The maximum absolute atomic E-state index is 12.7. The summed E-state index contributed by atoms with van der Waals surface area (Å²) in [4.78, 5) is 0. The number of nitriles is 1. The van der Waals surface area contributed by atoms with Crippen LogP contribution in [-0.4, -0.2) is 14.7 Å². The van der Waals surface area contributed by atoms with E-state index in [1.807, 2.05) is 19.1 Å². The summed E-state index contributed by atoms with van der Waals surface area (Å²) in [5.41, 5.74) is 8.36. The number of nitrogens with zero attached hydrogens (tertiary/aromatic N) is 1. The predicted octanol–water partition coefficient (Wildman–Crippen LogP) is 4.62. The summed E-state index contributed by atoms with van der Waals surface area (Å²) in [7, 11) is -1.23. The van der Waals surface area contributed by atoms with E-state index in [4.69, 9.17) is 5.73 Å². The van der Waals surface area contributed by atoms with E-state index in [9.17, 15) is 9.47 Å². The first-order chi connectivity index (χ1) is 13.1. The minimum absolute atomic E-state index is 0.327. The molecule has 3 aromatic rings. The van der Waals surface area contributed by atoms with Crippen molar-refractivity contribution < 1.29 is 4.21 Å². The molecule has 136 valence electrons. The number of benzene rings is 2. The Kier molecular flexibility index (Phi) is 4.78. The highest BCUT2D eigenvalue weighted by Gasteiger charge is 2.43. The van der Waals surface area contributed by atoms with Gasteiger partial charge in [0.2, 0.25) is 0 Å². The summed E-state index contributed by atoms with van der Waals surface area (Å²) in [5.74, 6) is 6.38. The fourth-order valence-electron chi connectivity index (χ4n) is 3.55. The van der Waals surface area contributed by atoms with Gasteiger partial charge in [0, 0.05) is 48.3 Å². The van der Waals surface area contributed by atoms with Crippen LogP contribution in [0.2, 0.25) is 0 Å². The van der Waals surface area contributed by atoms with Crippen LogP contribution in [-0.2, 0) is 10.8 Å². The number of nitrogens with two attached hydrogens (primary N) is 1. The van der Waals surface area contributed by atoms with Crippen LogP contribution in [0.5, 0.6) is 0 Å². The normalized spacial score (nSPS) is 17.5. The maximum atomic E-state index is 12.7. The van der Waals surface area contributed by atoms with Crippen molar-refractivity contribution in [1.29, 1.82) is 5.26 Å². The highest BCUT2D eigenvalue weighted by atomic mass is 32.2. The van der Waals surface area contributed by atoms with Crippen molar-refractivity contribution in [2.75, 3.05) is 5.75 Å². The van der Waals surface area contributed by atoms with Crippen molar-refractivity contribution in [3.8, 4) is 17.9 Å². The third kappa shape index (κ3) is 3.17. The fraction of sp³-hybridized carbons (Fsp3) is 0.318. The van der Waals surface area contributed by atoms with Gasteiger partial charge in [0.1, 0.15) is 4.75 Å². The van der Waals surface area contributed by atoms with Gasteiger partial charge in [-0.3, -0.25) is 4.21 Å². The quantitative estimate of drug-likeness (QED) is 0.659. The molecule has 3 nitrogen and oxygen atoms in total. The highest BCUT2D eigenvalue weighted by Crippen LogP contribution is 2.39. The Morgan fingerprint density at radius 1 is 1.22 bits per heavy atom. The molecule has 0 aliphatic heterocycles. The van der Waals surface area contributed by atoms with E-state index in [2.05, 4.69) is 42.2 Å². The summed E-state index contributed by atoms with van der Waals surface area (Å²) in [6, 6.07) is 14.4. The minimum Gasteiger partial charge on any atom is -0.323 e. The van der Waals surface area contributed by atoms with E-state index in [1.165, 1.54) is 14.8 Å². The minimum atomic E-state index is -1.23. The second-order valence-electron chi connectivity index (χ2n) is 7.02. The van der Waals surface area contributed by atoms with Crippen LogP contribution in [0.4, 0.5) is 0 Å². The highest BCUT2D eigenvalue weighted by molar-refractivity contribution is 7.86. The second kappa shape index (κ2) is 7.09. The van der Waals surface area contributed by atoms with Crippen molar-refractivity contribution in [2.45, 2.75) is 37.0 Å². The smallest absolute Gasteiger partial charge is 0.132 e. The zero-order valence-electron chi connectivity index (χ0n) is 15.1.